The molecule has 2 aromatic rings. The molecule has 0 spiro atoms. The Balaban J connectivity index is 2.07. The van der Waals surface area contributed by atoms with Crippen LogP contribution in [0.3, 0.4) is 0 Å². The molecule has 0 saturated heterocycles. The molecular formula is C16H14Cl2O2. The highest BCUT2D eigenvalue weighted by Crippen LogP contribution is 2.22. The molecule has 0 amide bonds. The summed E-state index contributed by atoms with van der Waals surface area (Å²) < 4.78 is 5.14. The van der Waals surface area contributed by atoms with Crippen LogP contribution in [0, 0.1) is 0 Å². The van der Waals surface area contributed by atoms with Crippen LogP contribution in [-0.4, -0.2) is 12.9 Å². The van der Waals surface area contributed by atoms with E-state index >= 15 is 0 Å². The minimum Gasteiger partial charge on any atom is -0.497 e. The zero-order valence-corrected chi connectivity index (χ0v) is 12.5. The van der Waals surface area contributed by atoms with Crippen molar-refractivity contribution in [3.05, 3.63) is 63.6 Å². The first kappa shape index (κ1) is 14.9. The summed E-state index contributed by atoms with van der Waals surface area (Å²) in [6, 6.07) is 12.6. The second kappa shape index (κ2) is 6.78. The van der Waals surface area contributed by atoms with Crippen LogP contribution < -0.4 is 4.74 Å². The molecule has 4 heteroatoms. The number of hydrogen-bond donors (Lipinski definition) is 0. The fourth-order valence-corrected chi connectivity index (χ4v) is 2.34. The Morgan fingerprint density at radius 1 is 1.10 bits per heavy atom. The first-order valence-electron chi connectivity index (χ1n) is 6.17. The summed E-state index contributed by atoms with van der Waals surface area (Å²) in [4.78, 5) is 12.1. The van der Waals surface area contributed by atoms with Gasteiger partial charge in [-0.15, -0.1) is 0 Å². The van der Waals surface area contributed by atoms with Gasteiger partial charge in [-0.25, -0.2) is 0 Å². The molecule has 0 N–H and O–H groups in total. The topological polar surface area (TPSA) is 26.3 Å². The van der Waals surface area contributed by atoms with E-state index in [1.54, 1.807) is 25.3 Å². The maximum absolute atomic E-state index is 12.1. The third kappa shape index (κ3) is 3.99. The molecule has 2 nitrogen and oxygen atoms in total. The van der Waals surface area contributed by atoms with Crippen LogP contribution in [-0.2, 0) is 17.6 Å². The molecule has 2 rings (SSSR count). The van der Waals surface area contributed by atoms with E-state index in [2.05, 4.69) is 0 Å². The molecule has 0 bridgehead atoms. The summed E-state index contributed by atoms with van der Waals surface area (Å²) in [5.74, 6) is 0.832. The summed E-state index contributed by atoms with van der Waals surface area (Å²) in [6.45, 7) is 0. The van der Waals surface area contributed by atoms with Gasteiger partial charge >= 0.3 is 0 Å². The van der Waals surface area contributed by atoms with Gasteiger partial charge in [-0.2, -0.15) is 0 Å². The summed E-state index contributed by atoms with van der Waals surface area (Å²) >= 11 is 12.0. The van der Waals surface area contributed by atoms with Gasteiger partial charge in [0.05, 0.1) is 7.11 Å². The molecule has 0 saturated carbocycles. The van der Waals surface area contributed by atoms with E-state index < -0.39 is 0 Å². The van der Waals surface area contributed by atoms with Gasteiger partial charge < -0.3 is 4.74 Å². The number of Topliss-reactive ketones (excluding diaryl/α,β-unsaturated/α-hetero) is 1. The zero-order valence-electron chi connectivity index (χ0n) is 11.0. The van der Waals surface area contributed by atoms with Crippen molar-refractivity contribution in [3.8, 4) is 5.75 Å². The Morgan fingerprint density at radius 2 is 1.90 bits per heavy atom. The number of benzene rings is 2. The number of halogens is 2. The molecule has 0 unspecified atom stereocenters. The van der Waals surface area contributed by atoms with Crippen molar-refractivity contribution in [1.29, 1.82) is 0 Å². The van der Waals surface area contributed by atoms with Crippen LogP contribution in [0.15, 0.2) is 42.5 Å². The third-order valence-corrected chi connectivity index (χ3v) is 3.53. The number of carbonyl (C=O) groups is 1. The lowest BCUT2D eigenvalue weighted by atomic mass is 10.0. The highest BCUT2D eigenvalue weighted by molar-refractivity contribution is 6.33. The molecule has 0 aromatic heterocycles. The van der Waals surface area contributed by atoms with Gasteiger partial charge in [-0.1, -0.05) is 35.3 Å². The normalized spacial score (nSPS) is 10.3. The second-order valence-electron chi connectivity index (χ2n) is 4.48. The molecule has 0 aliphatic carbocycles. The summed E-state index contributed by atoms with van der Waals surface area (Å²) in [5, 5.41) is 1.15. The van der Waals surface area contributed by atoms with E-state index in [0.29, 0.717) is 16.5 Å². The molecule has 104 valence electrons. The molecular weight excluding hydrogens is 295 g/mol. The van der Waals surface area contributed by atoms with Gasteiger partial charge in [0, 0.05) is 22.9 Å². The van der Waals surface area contributed by atoms with Crippen molar-refractivity contribution >= 4 is 29.0 Å². The second-order valence-corrected chi connectivity index (χ2v) is 5.32. The van der Waals surface area contributed by atoms with Gasteiger partial charge in [0.2, 0.25) is 0 Å². The summed E-state index contributed by atoms with van der Waals surface area (Å²) in [7, 11) is 1.60. The molecule has 0 aliphatic rings. The van der Waals surface area contributed by atoms with Crippen molar-refractivity contribution in [1.82, 2.24) is 0 Å². The average molecular weight is 309 g/mol. The summed E-state index contributed by atoms with van der Waals surface area (Å²) in [5.41, 5.74) is 1.68. The number of methoxy groups -OCH3 is 1. The first-order valence-corrected chi connectivity index (χ1v) is 6.92. The Bertz CT molecular complexity index is 624. The van der Waals surface area contributed by atoms with Crippen molar-refractivity contribution in [3.63, 3.8) is 0 Å². The smallest absolute Gasteiger partial charge is 0.141 e. The monoisotopic (exact) mass is 308 g/mol. The standard InChI is InChI=1S/C16H14Cl2O2/c1-20-15-4-2-3-11(8-15)7-14(19)10-12-9-13(17)5-6-16(12)18/h2-6,8-9H,7,10H2,1H3. The van der Waals surface area contributed by atoms with Crippen molar-refractivity contribution < 1.29 is 9.53 Å². The predicted molar refractivity (Wildman–Crippen MR) is 81.9 cm³/mol. The number of ketones is 1. The molecule has 0 aliphatic heterocycles. The van der Waals surface area contributed by atoms with Gasteiger partial charge in [-0.3, -0.25) is 4.79 Å². The number of carbonyl (C=O) groups excluding carboxylic acids is 1. The molecule has 0 heterocycles. The lowest BCUT2D eigenvalue weighted by molar-refractivity contribution is -0.117. The minimum absolute atomic E-state index is 0.0856. The van der Waals surface area contributed by atoms with Crippen LogP contribution in [0.5, 0.6) is 5.75 Å². The molecule has 0 atom stereocenters. The number of hydrogen-bond acceptors (Lipinski definition) is 2. The Morgan fingerprint density at radius 3 is 2.65 bits per heavy atom. The zero-order chi connectivity index (χ0) is 14.5. The Labute approximate surface area is 128 Å². The Kier molecular flexibility index (Phi) is 5.05. The minimum atomic E-state index is 0.0856. The van der Waals surface area contributed by atoms with E-state index in [4.69, 9.17) is 27.9 Å². The number of ether oxygens (including phenoxy) is 1. The van der Waals surface area contributed by atoms with E-state index in [0.717, 1.165) is 16.9 Å². The quantitative estimate of drug-likeness (QED) is 0.820. The van der Waals surface area contributed by atoms with Crippen LogP contribution in [0.25, 0.3) is 0 Å². The van der Waals surface area contributed by atoms with Crippen molar-refractivity contribution in [2.24, 2.45) is 0 Å². The van der Waals surface area contributed by atoms with E-state index in [1.165, 1.54) is 0 Å². The lowest BCUT2D eigenvalue weighted by Gasteiger charge is -2.06. The highest BCUT2D eigenvalue weighted by atomic mass is 35.5. The summed E-state index contributed by atoms with van der Waals surface area (Å²) in [6.07, 6.45) is 0.622. The lowest BCUT2D eigenvalue weighted by Crippen LogP contribution is -2.07. The van der Waals surface area contributed by atoms with Gasteiger partial charge in [0.25, 0.3) is 0 Å². The predicted octanol–water partition coefficient (Wildman–Crippen LogP) is 4.36. The fourth-order valence-electron chi connectivity index (χ4n) is 1.96. The maximum atomic E-state index is 12.1. The Hall–Kier alpha value is -1.51. The van der Waals surface area contributed by atoms with E-state index in [1.807, 2.05) is 24.3 Å². The maximum Gasteiger partial charge on any atom is 0.141 e. The SMILES string of the molecule is COc1cccc(CC(=O)Cc2cc(Cl)ccc2Cl)c1. The van der Waals surface area contributed by atoms with E-state index in [-0.39, 0.29) is 12.2 Å². The van der Waals surface area contributed by atoms with Gasteiger partial charge in [-0.05, 0) is 41.5 Å². The van der Waals surface area contributed by atoms with Crippen molar-refractivity contribution in [2.45, 2.75) is 12.8 Å². The van der Waals surface area contributed by atoms with Crippen LogP contribution in [0.1, 0.15) is 11.1 Å². The third-order valence-electron chi connectivity index (χ3n) is 2.93. The average Bonchev–Trinajstić information content (AvgIpc) is 2.43. The molecule has 0 radical (unpaired) electrons. The largest absolute Gasteiger partial charge is 0.497 e. The van der Waals surface area contributed by atoms with E-state index in [9.17, 15) is 4.79 Å². The van der Waals surface area contributed by atoms with Crippen LogP contribution in [0.4, 0.5) is 0 Å². The molecule has 0 fully saturated rings. The van der Waals surface area contributed by atoms with Gasteiger partial charge in [0.1, 0.15) is 11.5 Å². The molecule has 2 aromatic carbocycles. The fraction of sp³-hybridized carbons (Fsp3) is 0.188. The van der Waals surface area contributed by atoms with Crippen LogP contribution in [0.2, 0.25) is 10.0 Å². The van der Waals surface area contributed by atoms with Crippen molar-refractivity contribution in [2.75, 3.05) is 7.11 Å². The molecule has 20 heavy (non-hydrogen) atoms. The van der Waals surface area contributed by atoms with Gasteiger partial charge in [0.15, 0.2) is 0 Å². The number of rotatable bonds is 5. The van der Waals surface area contributed by atoms with Crippen LogP contribution >= 0.6 is 23.2 Å². The highest BCUT2D eigenvalue weighted by Gasteiger charge is 2.09. The first-order chi connectivity index (χ1) is 9.58.